The molecule has 1 atom stereocenters. The van der Waals surface area contributed by atoms with E-state index in [2.05, 4.69) is 5.32 Å². The number of nitrogens with zero attached hydrogens (tertiary/aromatic N) is 1. The molecule has 3 nitrogen and oxygen atoms in total. The largest absolute Gasteiger partial charge is 0.323 e. The fourth-order valence-electron chi connectivity index (χ4n) is 2.22. The zero-order valence-corrected chi connectivity index (χ0v) is 14.2. The summed E-state index contributed by atoms with van der Waals surface area (Å²) in [5.41, 5.74) is 2.78. The molecule has 2 aromatic rings. The highest BCUT2D eigenvalue weighted by molar-refractivity contribution is 6.33. The summed E-state index contributed by atoms with van der Waals surface area (Å²) in [6, 6.07) is 11.6. The maximum atomic E-state index is 13.0. The fraction of sp³-hybridized carbons (Fsp3) is 0.278. The molecule has 1 unspecified atom stereocenters. The van der Waals surface area contributed by atoms with Gasteiger partial charge in [-0.2, -0.15) is 0 Å². The first-order chi connectivity index (χ1) is 10.9. The molecule has 0 aliphatic heterocycles. The fourth-order valence-corrected chi connectivity index (χ4v) is 2.44. The minimum absolute atomic E-state index is 0.186. The smallest absolute Gasteiger partial charge is 0.241 e. The molecule has 0 aromatic heterocycles. The van der Waals surface area contributed by atoms with Gasteiger partial charge >= 0.3 is 0 Å². The number of rotatable bonds is 5. The van der Waals surface area contributed by atoms with Gasteiger partial charge in [0.15, 0.2) is 0 Å². The van der Waals surface area contributed by atoms with Crippen molar-refractivity contribution in [1.82, 2.24) is 4.90 Å². The minimum Gasteiger partial charge on any atom is -0.323 e. The summed E-state index contributed by atoms with van der Waals surface area (Å²) in [6.45, 7) is 4.54. The zero-order chi connectivity index (χ0) is 17.0. The van der Waals surface area contributed by atoms with E-state index >= 15 is 0 Å². The molecule has 0 aliphatic rings. The number of hydrogen-bond donors (Lipinski definition) is 1. The molecule has 0 radical (unpaired) electrons. The monoisotopic (exact) mass is 334 g/mol. The number of hydrogen-bond acceptors (Lipinski definition) is 2. The number of carbonyl (C=O) groups excluding carboxylic acids is 1. The molecule has 1 amide bonds. The van der Waals surface area contributed by atoms with E-state index < -0.39 is 5.82 Å². The molecular formula is C18H20ClFN2O. The molecule has 0 spiro atoms. The maximum Gasteiger partial charge on any atom is 0.241 e. The van der Waals surface area contributed by atoms with Crippen LogP contribution in [0.3, 0.4) is 0 Å². The van der Waals surface area contributed by atoms with Crippen molar-refractivity contribution in [2.45, 2.75) is 26.4 Å². The van der Waals surface area contributed by atoms with Crippen LogP contribution in [0.5, 0.6) is 0 Å². The summed E-state index contributed by atoms with van der Waals surface area (Å²) in [7, 11) is 1.89. The molecular weight excluding hydrogens is 315 g/mol. The number of carbonyl (C=O) groups is 1. The van der Waals surface area contributed by atoms with Crippen molar-refractivity contribution < 1.29 is 9.18 Å². The third-order valence-corrected chi connectivity index (χ3v) is 4.22. The quantitative estimate of drug-likeness (QED) is 0.886. The number of likely N-dealkylation sites (N-methyl/N-ethyl adjacent to an activating group) is 1. The predicted molar refractivity (Wildman–Crippen MR) is 92.1 cm³/mol. The molecule has 2 aromatic carbocycles. The molecule has 2 rings (SSSR count). The molecule has 0 fully saturated rings. The first kappa shape index (κ1) is 17.4. The highest BCUT2D eigenvalue weighted by atomic mass is 35.5. The Morgan fingerprint density at radius 1 is 1.30 bits per heavy atom. The van der Waals surface area contributed by atoms with Crippen LogP contribution in [-0.4, -0.2) is 23.9 Å². The molecule has 0 bridgehead atoms. The summed E-state index contributed by atoms with van der Waals surface area (Å²) in [5, 5.41) is 2.93. The van der Waals surface area contributed by atoms with Crippen molar-refractivity contribution in [2.75, 3.05) is 12.4 Å². The van der Waals surface area contributed by atoms with Crippen molar-refractivity contribution in [3.8, 4) is 0 Å². The lowest BCUT2D eigenvalue weighted by atomic mass is 10.1. The van der Waals surface area contributed by atoms with Crippen molar-refractivity contribution >= 4 is 23.2 Å². The van der Waals surface area contributed by atoms with Gasteiger partial charge in [0.05, 0.1) is 16.8 Å². The summed E-state index contributed by atoms with van der Waals surface area (Å²) in [6.07, 6.45) is 0. The van der Waals surface area contributed by atoms with E-state index in [-0.39, 0.29) is 17.0 Å². The van der Waals surface area contributed by atoms with E-state index in [1.165, 1.54) is 29.3 Å². The number of benzene rings is 2. The highest BCUT2D eigenvalue weighted by Gasteiger charge is 2.19. The number of amides is 1. The summed E-state index contributed by atoms with van der Waals surface area (Å²) in [4.78, 5) is 14.3. The second kappa shape index (κ2) is 7.57. The van der Waals surface area contributed by atoms with Crippen LogP contribution in [0, 0.1) is 12.7 Å². The van der Waals surface area contributed by atoms with Crippen LogP contribution in [0.15, 0.2) is 42.5 Å². The number of halogens is 2. The van der Waals surface area contributed by atoms with Crippen LogP contribution in [-0.2, 0) is 11.3 Å². The average Bonchev–Trinajstić information content (AvgIpc) is 2.51. The molecule has 5 heteroatoms. The number of anilines is 1. The SMILES string of the molecule is Cc1ccccc1CN(C)C(C)C(=O)Nc1ccc(F)cc1Cl. The summed E-state index contributed by atoms with van der Waals surface area (Å²) in [5.74, 6) is -0.618. The minimum atomic E-state index is -0.433. The Morgan fingerprint density at radius 2 is 2.00 bits per heavy atom. The second-order valence-electron chi connectivity index (χ2n) is 5.63. The number of aryl methyl sites for hydroxylation is 1. The molecule has 0 heterocycles. The first-order valence-electron chi connectivity index (χ1n) is 7.39. The van der Waals surface area contributed by atoms with Gasteiger partial charge < -0.3 is 5.32 Å². The third kappa shape index (κ3) is 4.53. The van der Waals surface area contributed by atoms with Gasteiger partial charge in [0, 0.05) is 6.54 Å². The Labute approximate surface area is 141 Å². The highest BCUT2D eigenvalue weighted by Crippen LogP contribution is 2.23. The van der Waals surface area contributed by atoms with Crippen molar-refractivity contribution in [2.24, 2.45) is 0 Å². The Balaban J connectivity index is 2.02. The lowest BCUT2D eigenvalue weighted by Crippen LogP contribution is -2.39. The summed E-state index contributed by atoms with van der Waals surface area (Å²) >= 11 is 5.94. The normalized spacial score (nSPS) is 12.3. The van der Waals surface area contributed by atoms with Gasteiger partial charge in [0.25, 0.3) is 0 Å². The third-order valence-electron chi connectivity index (χ3n) is 3.91. The molecule has 0 aliphatic carbocycles. The van der Waals surface area contributed by atoms with Crippen molar-refractivity contribution in [1.29, 1.82) is 0 Å². The topological polar surface area (TPSA) is 32.3 Å². The molecule has 122 valence electrons. The Kier molecular flexibility index (Phi) is 5.74. The van der Waals surface area contributed by atoms with Crippen molar-refractivity contribution in [3.63, 3.8) is 0 Å². The van der Waals surface area contributed by atoms with Gasteiger partial charge in [-0.05, 0) is 50.2 Å². The molecule has 23 heavy (non-hydrogen) atoms. The molecule has 0 saturated heterocycles. The van der Waals surface area contributed by atoms with E-state index in [4.69, 9.17) is 11.6 Å². The van der Waals surface area contributed by atoms with Crippen LogP contribution >= 0.6 is 11.6 Å². The Morgan fingerprint density at radius 3 is 2.65 bits per heavy atom. The standard InChI is InChI=1S/C18H20ClFN2O/c1-12-6-4-5-7-14(12)11-22(3)13(2)18(23)21-17-9-8-15(20)10-16(17)19/h4-10,13H,11H2,1-3H3,(H,21,23). The Hall–Kier alpha value is -1.91. The summed E-state index contributed by atoms with van der Waals surface area (Å²) < 4.78 is 13.0. The van der Waals surface area contributed by atoms with Crippen LogP contribution in [0.1, 0.15) is 18.1 Å². The first-order valence-corrected chi connectivity index (χ1v) is 7.77. The lowest BCUT2D eigenvalue weighted by Gasteiger charge is -2.24. The zero-order valence-electron chi connectivity index (χ0n) is 13.4. The molecule has 1 N–H and O–H groups in total. The van der Waals surface area contributed by atoms with E-state index in [0.29, 0.717) is 12.2 Å². The second-order valence-corrected chi connectivity index (χ2v) is 6.04. The van der Waals surface area contributed by atoms with Crippen LogP contribution in [0.25, 0.3) is 0 Å². The Bertz CT molecular complexity index is 705. The molecule has 0 saturated carbocycles. The van der Waals surface area contributed by atoms with Crippen molar-refractivity contribution in [3.05, 3.63) is 64.4 Å². The van der Waals surface area contributed by atoms with Crippen LogP contribution in [0.2, 0.25) is 5.02 Å². The van der Waals surface area contributed by atoms with E-state index in [0.717, 1.165) is 0 Å². The lowest BCUT2D eigenvalue weighted by molar-refractivity contribution is -0.120. The van der Waals surface area contributed by atoms with Gasteiger partial charge in [0.1, 0.15) is 5.82 Å². The average molecular weight is 335 g/mol. The van der Waals surface area contributed by atoms with Gasteiger partial charge in [0.2, 0.25) is 5.91 Å². The van der Waals surface area contributed by atoms with E-state index in [1.54, 1.807) is 0 Å². The van der Waals surface area contributed by atoms with E-state index in [1.807, 2.05) is 50.1 Å². The number of nitrogens with one attached hydrogen (secondary N) is 1. The van der Waals surface area contributed by atoms with Crippen LogP contribution in [0.4, 0.5) is 10.1 Å². The van der Waals surface area contributed by atoms with Gasteiger partial charge in [-0.25, -0.2) is 4.39 Å². The van der Waals surface area contributed by atoms with Crippen LogP contribution < -0.4 is 5.32 Å². The van der Waals surface area contributed by atoms with Gasteiger partial charge in [-0.3, -0.25) is 9.69 Å². The predicted octanol–water partition coefficient (Wildman–Crippen LogP) is 4.25. The van der Waals surface area contributed by atoms with Gasteiger partial charge in [-0.1, -0.05) is 35.9 Å². The maximum absolute atomic E-state index is 13.0. The van der Waals surface area contributed by atoms with Gasteiger partial charge in [-0.15, -0.1) is 0 Å². The van der Waals surface area contributed by atoms with E-state index in [9.17, 15) is 9.18 Å².